The Balaban J connectivity index is 1.95. The van der Waals surface area contributed by atoms with E-state index in [0.717, 1.165) is 41.2 Å². The molecule has 1 aromatic carbocycles. The van der Waals surface area contributed by atoms with Crippen LogP contribution in [0.15, 0.2) is 24.3 Å². The van der Waals surface area contributed by atoms with Crippen LogP contribution in [-0.2, 0) is 19.6 Å². The zero-order valence-corrected chi connectivity index (χ0v) is 12.1. The maximum Gasteiger partial charge on any atom is 0.265 e. The Kier molecular flexibility index (Phi) is 5.20. The molecule has 0 aliphatic carbocycles. The number of hydrogen-bond donors (Lipinski definition) is 2. The van der Waals surface area contributed by atoms with Crippen molar-refractivity contribution in [2.45, 2.75) is 32.9 Å². The van der Waals surface area contributed by atoms with E-state index in [-0.39, 0.29) is 12.5 Å². The van der Waals surface area contributed by atoms with Crippen LogP contribution in [0.3, 0.4) is 0 Å². The van der Waals surface area contributed by atoms with Crippen LogP contribution >= 0.6 is 11.5 Å². The number of benzene rings is 1. The summed E-state index contributed by atoms with van der Waals surface area (Å²) in [5, 5.41) is 15.8. The molecule has 0 spiro atoms. The molecule has 5 nitrogen and oxygen atoms in total. The maximum atomic E-state index is 12.1. The SMILES string of the molecule is CCCc1nnsc1C(=O)NCc1ccc(CO)cc1. The van der Waals surface area contributed by atoms with Crippen molar-refractivity contribution in [1.29, 1.82) is 0 Å². The van der Waals surface area contributed by atoms with Gasteiger partial charge in [0.05, 0.1) is 12.3 Å². The van der Waals surface area contributed by atoms with Crippen LogP contribution in [0.2, 0.25) is 0 Å². The van der Waals surface area contributed by atoms with E-state index in [9.17, 15) is 4.79 Å². The van der Waals surface area contributed by atoms with Gasteiger partial charge in [-0.05, 0) is 29.1 Å². The topological polar surface area (TPSA) is 75.1 Å². The summed E-state index contributed by atoms with van der Waals surface area (Å²) in [7, 11) is 0. The molecule has 0 aliphatic rings. The summed E-state index contributed by atoms with van der Waals surface area (Å²) >= 11 is 1.13. The summed E-state index contributed by atoms with van der Waals surface area (Å²) < 4.78 is 3.84. The zero-order valence-electron chi connectivity index (χ0n) is 11.3. The second-order valence-electron chi connectivity index (χ2n) is 4.46. The van der Waals surface area contributed by atoms with Gasteiger partial charge in [0, 0.05) is 6.54 Å². The van der Waals surface area contributed by atoms with Gasteiger partial charge in [-0.15, -0.1) is 5.10 Å². The molecule has 1 amide bonds. The minimum Gasteiger partial charge on any atom is -0.392 e. The Morgan fingerprint density at radius 2 is 2.00 bits per heavy atom. The molecule has 0 radical (unpaired) electrons. The molecular weight excluding hydrogens is 274 g/mol. The number of aliphatic hydroxyl groups is 1. The summed E-state index contributed by atoms with van der Waals surface area (Å²) in [6.45, 7) is 2.53. The van der Waals surface area contributed by atoms with Gasteiger partial charge in [0.1, 0.15) is 4.88 Å². The van der Waals surface area contributed by atoms with E-state index in [0.29, 0.717) is 11.4 Å². The van der Waals surface area contributed by atoms with Crippen LogP contribution in [0, 0.1) is 0 Å². The lowest BCUT2D eigenvalue weighted by Crippen LogP contribution is -2.23. The first-order chi connectivity index (χ1) is 9.74. The molecule has 6 heteroatoms. The monoisotopic (exact) mass is 291 g/mol. The van der Waals surface area contributed by atoms with E-state index < -0.39 is 0 Å². The Hall–Kier alpha value is -1.79. The van der Waals surface area contributed by atoms with Gasteiger partial charge in [-0.25, -0.2) is 0 Å². The van der Waals surface area contributed by atoms with E-state index in [1.165, 1.54) is 0 Å². The maximum absolute atomic E-state index is 12.1. The van der Waals surface area contributed by atoms with E-state index in [1.54, 1.807) is 0 Å². The number of aliphatic hydroxyl groups excluding tert-OH is 1. The lowest BCUT2D eigenvalue weighted by atomic mass is 10.1. The molecule has 0 aliphatic heterocycles. The van der Waals surface area contributed by atoms with Crippen LogP contribution in [0.25, 0.3) is 0 Å². The lowest BCUT2D eigenvalue weighted by molar-refractivity contribution is 0.0954. The van der Waals surface area contributed by atoms with Gasteiger partial charge in [0.25, 0.3) is 5.91 Å². The first-order valence-electron chi connectivity index (χ1n) is 6.52. The van der Waals surface area contributed by atoms with Gasteiger partial charge in [-0.2, -0.15) is 0 Å². The molecule has 0 saturated heterocycles. The fourth-order valence-electron chi connectivity index (χ4n) is 1.81. The molecule has 0 saturated carbocycles. The number of aromatic nitrogens is 2. The second kappa shape index (κ2) is 7.12. The fourth-order valence-corrected chi connectivity index (χ4v) is 2.43. The number of carbonyl (C=O) groups excluding carboxylic acids is 1. The highest BCUT2D eigenvalue weighted by molar-refractivity contribution is 7.08. The summed E-state index contributed by atoms with van der Waals surface area (Å²) in [5.41, 5.74) is 2.62. The molecule has 0 fully saturated rings. The Morgan fingerprint density at radius 1 is 1.30 bits per heavy atom. The third-order valence-electron chi connectivity index (χ3n) is 2.91. The average molecular weight is 291 g/mol. The fraction of sp³-hybridized carbons (Fsp3) is 0.357. The highest BCUT2D eigenvalue weighted by atomic mass is 32.1. The molecule has 20 heavy (non-hydrogen) atoms. The smallest absolute Gasteiger partial charge is 0.265 e. The quantitative estimate of drug-likeness (QED) is 0.852. The van der Waals surface area contributed by atoms with Crippen LogP contribution in [-0.4, -0.2) is 20.6 Å². The molecule has 2 N–H and O–H groups in total. The number of hydrogen-bond acceptors (Lipinski definition) is 5. The van der Waals surface area contributed by atoms with Crippen molar-refractivity contribution in [3.63, 3.8) is 0 Å². The molecule has 1 heterocycles. The highest BCUT2D eigenvalue weighted by Crippen LogP contribution is 2.12. The summed E-state index contributed by atoms with van der Waals surface area (Å²) in [5.74, 6) is -0.130. The minimum atomic E-state index is -0.130. The number of carbonyl (C=O) groups is 1. The molecule has 106 valence electrons. The summed E-state index contributed by atoms with van der Waals surface area (Å²) in [4.78, 5) is 12.7. The third-order valence-corrected chi connectivity index (χ3v) is 3.67. The summed E-state index contributed by atoms with van der Waals surface area (Å²) in [6, 6.07) is 7.48. The Labute approximate surface area is 121 Å². The van der Waals surface area contributed by atoms with Crippen molar-refractivity contribution < 1.29 is 9.90 Å². The molecule has 0 unspecified atom stereocenters. The zero-order chi connectivity index (χ0) is 14.4. The van der Waals surface area contributed by atoms with Crippen LogP contribution < -0.4 is 5.32 Å². The first-order valence-corrected chi connectivity index (χ1v) is 7.30. The third kappa shape index (κ3) is 3.61. The normalized spacial score (nSPS) is 10.5. The number of amides is 1. The van der Waals surface area contributed by atoms with E-state index >= 15 is 0 Å². The summed E-state index contributed by atoms with van der Waals surface area (Å²) in [6.07, 6.45) is 1.71. The molecule has 0 bridgehead atoms. The van der Waals surface area contributed by atoms with Gasteiger partial charge in [-0.1, -0.05) is 42.1 Å². The van der Waals surface area contributed by atoms with Gasteiger partial charge in [0.2, 0.25) is 0 Å². The average Bonchev–Trinajstić information content (AvgIpc) is 2.94. The number of aryl methyl sites for hydroxylation is 1. The van der Waals surface area contributed by atoms with E-state index in [4.69, 9.17) is 5.11 Å². The van der Waals surface area contributed by atoms with Crippen molar-refractivity contribution in [2.24, 2.45) is 0 Å². The molecular formula is C14H17N3O2S. The number of nitrogens with one attached hydrogen (secondary N) is 1. The van der Waals surface area contributed by atoms with E-state index in [1.807, 2.05) is 31.2 Å². The van der Waals surface area contributed by atoms with Crippen LogP contribution in [0.4, 0.5) is 0 Å². The van der Waals surface area contributed by atoms with Crippen LogP contribution in [0.1, 0.15) is 39.8 Å². The van der Waals surface area contributed by atoms with Crippen molar-refractivity contribution in [2.75, 3.05) is 0 Å². The molecule has 0 atom stereocenters. The first kappa shape index (κ1) is 14.6. The van der Waals surface area contributed by atoms with Gasteiger partial charge in [-0.3, -0.25) is 4.79 Å². The predicted octanol–water partition coefficient (Wildman–Crippen LogP) is 1.91. The van der Waals surface area contributed by atoms with Crippen molar-refractivity contribution in [1.82, 2.24) is 14.9 Å². The van der Waals surface area contributed by atoms with Gasteiger partial charge >= 0.3 is 0 Å². The Bertz CT molecular complexity index is 566. The van der Waals surface area contributed by atoms with Crippen LogP contribution in [0.5, 0.6) is 0 Å². The van der Waals surface area contributed by atoms with E-state index in [2.05, 4.69) is 14.9 Å². The highest BCUT2D eigenvalue weighted by Gasteiger charge is 2.15. The van der Waals surface area contributed by atoms with Gasteiger partial charge < -0.3 is 10.4 Å². The molecule has 2 rings (SSSR count). The lowest BCUT2D eigenvalue weighted by Gasteiger charge is -2.05. The number of rotatable bonds is 6. The second-order valence-corrected chi connectivity index (χ2v) is 5.21. The van der Waals surface area contributed by atoms with Gasteiger partial charge in [0.15, 0.2) is 0 Å². The molecule has 2 aromatic rings. The standard InChI is InChI=1S/C14H17N3O2S/c1-2-3-12-13(20-17-16-12)14(19)15-8-10-4-6-11(9-18)7-5-10/h4-7,18H,2-3,8-9H2,1H3,(H,15,19). The Morgan fingerprint density at radius 3 is 2.65 bits per heavy atom. The largest absolute Gasteiger partial charge is 0.392 e. The minimum absolute atomic E-state index is 0.0273. The van der Waals surface area contributed by atoms with Crippen molar-refractivity contribution >= 4 is 17.4 Å². The number of nitrogens with zero attached hydrogens (tertiary/aromatic N) is 2. The van der Waals surface area contributed by atoms with Crippen molar-refractivity contribution in [3.05, 3.63) is 46.0 Å². The molecule has 1 aromatic heterocycles. The predicted molar refractivity (Wildman–Crippen MR) is 77.4 cm³/mol. The van der Waals surface area contributed by atoms with Crippen molar-refractivity contribution in [3.8, 4) is 0 Å².